The lowest BCUT2D eigenvalue weighted by Gasteiger charge is -2.42. The molecule has 280 valence electrons. The molecule has 0 amide bonds. The summed E-state index contributed by atoms with van der Waals surface area (Å²) in [5.74, 6) is -1.87. The van der Waals surface area contributed by atoms with Crippen molar-refractivity contribution >= 4 is 87.5 Å². The SMILES string of the molecule is CC1=C(C)C2c3ccc4cc3C1c1ccc(cc12)SSc1cc2c(cccc2cc1C(=O)O)SSc1ccc2c(c1)C1C(C(=O)O)=C(C)C2c2cc(ccc21)SS4. The van der Waals surface area contributed by atoms with Crippen LogP contribution < -0.4 is 0 Å². The summed E-state index contributed by atoms with van der Waals surface area (Å²) < 4.78 is 0. The van der Waals surface area contributed by atoms with Crippen molar-refractivity contribution in [3.63, 3.8) is 0 Å². The molecule has 16 aliphatic rings. The molecule has 10 aliphatic heterocycles. The molecular formula is C47H32O4S6. The van der Waals surface area contributed by atoms with Crippen LogP contribution in [0.3, 0.4) is 0 Å². The second-order valence-corrected chi connectivity index (χ2v) is 22.1. The minimum atomic E-state index is -0.940. The molecule has 57 heavy (non-hydrogen) atoms. The van der Waals surface area contributed by atoms with Gasteiger partial charge in [0, 0.05) is 58.6 Å². The predicted octanol–water partition coefficient (Wildman–Crippen LogP) is 14.2. The summed E-state index contributed by atoms with van der Waals surface area (Å²) in [5.41, 5.74) is 14.5. The van der Waals surface area contributed by atoms with Gasteiger partial charge < -0.3 is 10.2 Å². The first-order chi connectivity index (χ1) is 27.6. The number of benzene rings is 6. The van der Waals surface area contributed by atoms with Crippen molar-refractivity contribution in [3.8, 4) is 0 Å². The summed E-state index contributed by atoms with van der Waals surface area (Å²) in [6.07, 6.45) is 0. The van der Waals surface area contributed by atoms with Gasteiger partial charge in [-0.15, -0.1) is 0 Å². The van der Waals surface area contributed by atoms with Crippen LogP contribution in [0.2, 0.25) is 0 Å². The van der Waals surface area contributed by atoms with Gasteiger partial charge in [0.15, 0.2) is 0 Å². The molecule has 0 spiro atoms. The van der Waals surface area contributed by atoms with Crippen LogP contribution in [0.5, 0.6) is 0 Å². The van der Waals surface area contributed by atoms with Gasteiger partial charge in [-0.3, -0.25) is 0 Å². The van der Waals surface area contributed by atoms with Gasteiger partial charge in [0.05, 0.1) is 5.56 Å². The van der Waals surface area contributed by atoms with E-state index in [4.69, 9.17) is 0 Å². The molecule has 0 radical (unpaired) electrons. The van der Waals surface area contributed by atoms with Gasteiger partial charge in [0.1, 0.15) is 0 Å². The third-order valence-electron chi connectivity index (χ3n) is 12.4. The van der Waals surface area contributed by atoms with Crippen molar-refractivity contribution in [2.75, 3.05) is 0 Å². The molecule has 4 nitrogen and oxygen atoms in total. The Balaban J connectivity index is 1.06. The van der Waals surface area contributed by atoms with E-state index in [9.17, 15) is 19.8 Å². The monoisotopic (exact) mass is 852 g/mol. The van der Waals surface area contributed by atoms with Crippen molar-refractivity contribution in [3.05, 3.63) is 175 Å². The molecule has 0 fully saturated rings. The Morgan fingerprint density at radius 1 is 0.439 bits per heavy atom. The van der Waals surface area contributed by atoms with Crippen LogP contribution in [0.4, 0.5) is 0 Å². The predicted molar refractivity (Wildman–Crippen MR) is 238 cm³/mol. The zero-order chi connectivity index (χ0) is 38.9. The van der Waals surface area contributed by atoms with Crippen LogP contribution in [0, 0.1) is 0 Å². The fourth-order valence-corrected chi connectivity index (χ4v) is 16.2. The Hall–Kier alpha value is -3.90. The van der Waals surface area contributed by atoms with Crippen LogP contribution in [-0.2, 0) is 4.79 Å². The molecule has 4 unspecified atom stereocenters. The number of hydrogen-bond acceptors (Lipinski definition) is 8. The number of carboxylic acid groups (broad SMARTS) is 2. The molecule has 22 rings (SSSR count). The molecule has 18 bridgehead atoms. The molecule has 2 N–H and O–H groups in total. The average molecular weight is 853 g/mol. The Bertz CT molecular complexity index is 2890. The fourth-order valence-electron chi connectivity index (χ4n) is 9.85. The average Bonchev–Trinajstić information content (AvgIpc) is 3.21. The lowest BCUT2D eigenvalue weighted by molar-refractivity contribution is -0.133. The zero-order valence-corrected chi connectivity index (χ0v) is 35.7. The second kappa shape index (κ2) is 13.6. The molecule has 6 aromatic carbocycles. The molecule has 10 heteroatoms. The van der Waals surface area contributed by atoms with Crippen molar-refractivity contribution in [2.24, 2.45) is 0 Å². The van der Waals surface area contributed by atoms with Gasteiger partial charge in [-0.05, 0) is 148 Å². The van der Waals surface area contributed by atoms with Crippen LogP contribution in [0.15, 0.2) is 155 Å². The van der Waals surface area contributed by atoms with Crippen molar-refractivity contribution in [2.45, 2.75) is 73.8 Å². The van der Waals surface area contributed by atoms with Gasteiger partial charge >= 0.3 is 11.9 Å². The van der Waals surface area contributed by atoms with Gasteiger partial charge in [-0.1, -0.05) is 112 Å². The van der Waals surface area contributed by atoms with Crippen LogP contribution in [0.25, 0.3) is 10.8 Å². The quantitative estimate of drug-likeness (QED) is 0.130. The Labute approximate surface area is 354 Å². The highest BCUT2D eigenvalue weighted by Crippen LogP contribution is 2.59. The minimum Gasteiger partial charge on any atom is -0.478 e. The first kappa shape index (κ1) is 36.2. The van der Waals surface area contributed by atoms with E-state index in [-0.39, 0.29) is 23.7 Å². The lowest BCUT2D eigenvalue weighted by atomic mass is 9.61. The molecule has 0 saturated heterocycles. The molecule has 0 saturated carbocycles. The number of carboxylic acids is 2. The van der Waals surface area contributed by atoms with Gasteiger partial charge in [0.25, 0.3) is 0 Å². The molecule has 0 aromatic heterocycles. The summed E-state index contributed by atoms with van der Waals surface area (Å²) in [6.45, 7) is 6.57. The highest BCUT2D eigenvalue weighted by atomic mass is 33.1. The summed E-state index contributed by atoms with van der Waals surface area (Å²) in [4.78, 5) is 31.8. The number of allylic oxidation sites excluding steroid dienone is 3. The van der Waals surface area contributed by atoms with Gasteiger partial charge in [0.2, 0.25) is 0 Å². The summed E-state index contributed by atoms with van der Waals surface area (Å²) >= 11 is 0. The zero-order valence-electron chi connectivity index (χ0n) is 30.8. The number of aromatic carboxylic acids is 1. The van der Waals surface area contributed by atoms with Gasteiger partial charge in [-0.25, -0.2) is 9.59 Å². The number of aliphatic carboxylic acids is 1. The van der Waals surface area contributed by atoms with E-state index in [0.29, 0.717) is 16.0 Å². The van der Waals surface area contributed by atoms with Crippen LogP contribution in [-0.4, -0.2) is 22.2 Å². The third-order valence-corrected chi connectivity index (χ3v) is 19.7. The topological polar surface area (TPSA) is 74.6 Å². The maximum Gasteiger partial charge on any atom is 0.336 e. The number of carbonyl (C=O) groups is 2. The first-order valence-corrected chi connectivity index (χ1v) is 25.1. The minimum absolute atomic E-state index is 0.116. The van der Waals surface area contributed by atoms with Gasteiger partial charge in [-0.2, -0.15) is 0 Å². The van der Waals surface area contributed by atoms with E-state index in [2.05, 4.69) is 92.7 Å². The summed E-state index contributed by atoms with van der Waals surface area (Å²) in [6, 6.07) is 36.9. The Morgan fingerprint density at radius 2 is 0.877 bits per heavy atom. The maximum atomic E-state index is 12.9. The standard InChI is InChI=1S/C47H32O4S6/c1-21-22(2)42-29-11-7-25-16-34(29)41(21)30-12-8-27(18-35(30)42)55-57-40-20-33-24(15-38(40)46(48)49)5-4-6-39(33)56-54-28-9-13-31-37(19-28)45-32-14-10-26(53-52-25)17-36(32)43(31)23(3)44(45)47(50)51/h4-20,41-43,45H,1-3H3,(H,48,49)(H,50,51). The van der Waals surface area contributed by atoms with E-state index in [1.807, 2.05) is 25.1 Å². The van der Waals surface area contributed by atoms with E-state index in [1.165, 1.54) is 60.2 Å². The van der Waals surface area contributed by atoms with E-state index < -0.39 is 11.9 Å². The highest BCUT2D eigenvalue weighted by Gasteiger charge is 2.44. The molecule has 6 aromatic rings. The van der Waals surface area contributed by atoms with Crippen LogP contribution in [0.1, 0.15) is 99.3 Å². The molecule has 6 aliphatic carbocycles. The summed E-state index contributed by atoms with van der Waals surface area (Å²) in [7, 11) is 9.96. The molecule has 10 heterocycles. The maximum absolute atomic E-state index is 12.9. The highest BCUT2D eigenvalue weighted by molar-refractivity contribution is 8.77. The van der Waals surface area contributed by atoms with E-state index >= 15 is 0 Å². The lowest BCUT2D eigenvalue weighted by Crippen LogP contribution is -2.30. The molecule has 4 atom stereocenters. The Morgan fingerprint density at radius 3 is 1.37 bits per heavy atom. The van der Waals surface area contributed by atoms with Crippen molar-refractivity contribution < 1.29 is 19.8 Å². The smallest absolute Gasteiger partial charge is 0.336 e. The number of rotatable bonds is 2. The van der Waals surface area contributed by atoms with Crippen LogP contribution >= 0.6 is 64.8 Å². The first-order valence-electron chi connectivity index (χ1n) is 18.6. The Kier molecular flexibility index (Phi) is 8.62. The van der Waals surface area contributed by atoms with E-state index in [0.717, 1.165) is 47.1 Å². The van der Waals surface area contributed by atoms with Crippen molar-refractivity contribution in [1.82, 2.24) is 0 Å². The summed E-state index contributed by atoms with van der Waals surface area (Å²) in [5, 5.41) is 22.8. The fraction of sp³-hybridized carbons (Fsp3) is 0.149. The molecular weight excluding hydrogens is 821 g/mol. The third kappa shape index (κ3) is 5.58. The number of hydrogen-bond donors (Lipinski definition) is 2. The normalized spacial score (nSPS) is 21.3. The largest absolute Gasteiger partial charge is 0.478 e. The second-order valence-electron chi connectivity index (χ2n) is 15.3. The van der Waals surface area contributed by atoms with Crippen molar-refractivity contribution in [1.29, 1.82) is 0 Å². The van der Waals surface area contributed by atoms with E-state index in [1.54, 1.807) is 60.0 Å².